The Morgan fingerprint density at radius 3 is 3.00 bits per heavy atom. The molecular weight excluding hydrogens is 310 g/mol. The first-order valence-electron chi connectivity index (χ1n) is 7.95. The molecule has 7 nitrogen and oxygen atoms in total. The molecule has 1 saturated heterocycles. The monoisotopic (exact) mass is 327 g/mol. The van der Waals surface area contributed by atoms with Gasteiger partial charge >= 0.3 is 5.69 Å². The molecule has 0 saturated carbocycles. The minimum atomic E-state index is -0.355. The van der Waals surface area contributed by atoms with Gasteiger partial charge in [-0.2, -0.15) is 0 Å². The van der Waals surface area contributed by atoms with Crippen LogP contribution in [0.25, 0.3) is 0 Å². The van der Waals surface area contributed by atoms with Gasteiger partial charge in [0.05, 0.1) is 0 Å². The van der Waals surface area contributed by atoms with E-state index in [0.29, 0.717) is 30.2 Å². The summed E-state index contributed by atoms with van der Waals surface area (Å²) in [7, 11) is 0. The smallest absolute Gasteiger partial charge is 0.345 e. The van der Waals surface area contributed by atoms with Crippen molar-refractivity contribution in [2.75, 3.05) is 19.9 Å². The summed E-state index contributed by atoms with van der Waals surface area (Å²) in [6.45, 7) is 1.47. The number of rotatable bonds is 2. The fraction of sp³-hybridized carbons (Fsp3) is 0.353. The summed E-state index contributed by atoms with van der Waals surface area (Å²) >= 11 is 0. The number of fused-ring (bicyclic) bond motifs is 1. The van der Waals surface area contributed by atoms with Crippen LogP contribution >= 0.6 is 0 Å². The van der Waals surface area contributed by atoms with E-state index < -0.39 is 0 Å². The highest BCUT2D eigenvalue weighted by Gasteiger charge is 2.27. The van der Waals surface area contributed by atoms with E-state index in [4.69, 9.17) is 9.47 Å². The summed E-state index contributed by atoms with van der Waals surface area (Å²) in [5.41, 5.74) is 1.06. The van der Waals surface area contributed by atoms with E-state index in [0.717, 1.165) is 18.5 Å². The van der Waals surface area contributed by atoms with Crippen molar-refractivity contribution in [3.8, 4) is 11.5 Å². The zero-order chi connectivity index (χ0) is 16.5. The second-order valence-corrected chi connectivity index (χ2v) is 5.99. The molecular formula is C17H17N3O4. The Labute approximate surface area is 138 Å². The number of nitrogens with one attached hydrogen (secondary N) is 1. The van der Waals surface area contributed by atoms with Gasteiger partial charge in [-0.1, -0.05) is 0 Å². The first kappa shape index (κ1) is 14.7. The SMILES string of the molecule is O=C(c1ccc2c(c1)OCO2)N1CCC[C@H](c2ccnc(=O)[nH]2)C1. The molecule has 2 aromatic rings. The zero-order valence-electron chi connectivity index (χ0n) is 13.0. The normalized spacial score (nSPS) is 19.3. The lowest BCUT2D eigenvalue weighted by Crippen LogP contribution is -2.39. The third kappa shape index (κ3) is 2.73. The second-order valence-electron chi connectivity index (χ2n) is 5.99. The first-order chi connectivity index (χ1) is 11.7. The summed E-state index contributed by atoms with van der Waals surface area (Å²) in [5.74, 6) is 1.35. The van der Waals surface area contributed by atoms with Gasteiger partial charge in [-0.15, -0.1) is 0 Å². The molecule has 0 unspecified atom stereocenters. The number of amides is 1. The molecule has 0 spiro atoms. The molecule has 1 N–H and O–H groups in total. The number of carbonyl (C=O) groups excluding carboxylic acids is 1. The van der Waals surface area contributed by atoms with Crippen LogP contribution in [0.1, 0.15) is 34.8 Å². The van der Waals surface area contributed by atoms with Crippen molar-refractivity contribution in [1.29, 1.82) is 0 Å². The molecule has 24 heavy (non-hydrogen) atoms. The number of likely N-dealkylation sites (tertiary alicyclic amines) is 1. The molecule has 0 aliphatic carbocycles. The van der Waals surface area contributed by atoms with E-state index in [1.54, 1.807) is 24.3 Å². The van der Waals surface area contributed by atoms with Crippen LogP contribution in [0.2, 0.25) is 0 Å². The highest BCUT2D eigenvalue weighted by molar-refractivity contribution is 5.95. The van der Waals surface area contributed by atoms with Crippen LogP contribution in [0.3, 0.4) is 0 Å². The molecule has 1 aromatic heterocycles. The van der Waals surface area contributed by atoms with Crippen LogP contribution in [0.4, 0.5) is 0 Å². The Kier molecular flexibility index (Phi) is 3.68. The number of hydrogen-bond acceptors (Lipinski definition) is 5. The molecule has 2 aliphatic heterocycles. The van der Waals surface area contributed by atoms with Crippen molar-refractivity contribution in [1.82, 2.24) is 14.9 Å². The number of hydrogen-bond donors (Lipinski definition) is 1. The lowest BCUT2D eigenvalue weighted by atomic mass is 9.94. The summed E-state index contributed by atoms with van der Waals surface area (Å²) in [4.78, 5) is 32.4. The summed E-state index contributed by atoms with van der Waals surface area (Å²) in [5, 5.41) is 0. The summed E-state index contributed by atoms with van der Waals surface area (Å²) in [6, 6.07) is 7.05. The Balaban J connectivity index is 1.53. The fourth-order valence-electron chi connectivity index (χ4n) is 3.25. The number of carbonyl (C=O) groups is 1. The standard InChI is InChI=1S/C17H17N3O4/c21-16(11-3-4-14-15(8-11)24-10-23-14)20-7-1-2-12(9-20)13-5-6-18-17(22)19-13/h3-6,8,12H,1-2,7,9-10H2,(H,18,19,22)/t12-/m0/s1. The average molecular weight is 327 g/mol. The van der Waals surface area contributed by atoms with Gasteiger partial charge in [0.25, 0.3) is 5.91 Å². The minimum absolute atomic E-state index is 0.0330. The summed E-state index contributed by atoms with van der Waals surface area (Å²) in [6.07, 6.45) is 3.34. The van der Waals surface area contributed by atoms with E-state index in [1.165, 1.54) is 6.20 Å². The molecule has 3 heterocycles. The van der Waals surface area contributed by atoms with Crippen LogP contribution in [-0.2, 0) is 0 Å². The Bertz CT molecular complexity index is 833. The van der Waals surface area contributed by atoms with Crippen molar-refractivity contribution in [2.45, 2.75) is 18.8 Å². The Morgan fingerprint density at radius 2 is 2.12 bits per heavy atom. The lowest BCUT2D eigenvalue weighted by molar-refractivity contribution is 0.0705. The van der Waals surface area contributed by atoms with E-state index in [1.807, 2.05) is 4.90 Å². The van der Waals surface area contributed by atoms with Crippen molar-refractivity contribution in [2.24, 2.45) is 0 Å². The maximum atomic E-state index is 12.8. The van der Waals surface area contributed by atoms with Gasteiger partial charge in [0.15, 0.2) is 11.5 Å². The van der Waals surface area contributed by atoms with Crippen molar-refractivity contribution in [3.05, 3.63) is 52.2 Å². The van der Waals surface area contributed by atoms with E-state index in [-0.39, 0.29) is 24.3 Å². The number of ether oxygens (including phenoxy) is 2. The van der Waals surface area contributed by atoms with Gasteiger partial charge in [0, 0.05) is 36.5 Å². The van der Waals surface area contributed by atoms with Gasteiger partial charge in [0.1, 0.15) is 0 Å². The van der Waals surface area contributed by atoms with Gasteiger partial charge in [-0.05, 0) is 37.1 Å². The number of aromatic amines is 1. The van der Waals surface area contributed by atoms with Crippen LogP contribution in [-0.4, -0.2) is 40.7 Å². The maximum absolute atomic E-state index is 12.8. The van der Waals surface area contributed by atoms with Crippen LogP contribution in [0, 0.1) is 0 Å². The highest BCUT2D eigenvalue weighted by Crippen LogP contribution is 2.33. The van der Waals surface area contributed by atoms with Crippen molar-refractivity contribution in [3.63, 3.8) is 0 Å². The second kappa shape index (κ2) is 5.99. The number of H-pyrrole nitrogens is 1. The molecule has 124 valence electrons. The molecule has 1 fully saturated rings. The minimum Gasteiger partial charge on any atom is -0.454 e. The molecule has 4 rings (SSSR count). The van der Waals surface area contributed by atoms with Gasteiger partial charge < -0.3 is 19.4 Å². The first-order valence-corrected chi connectivity index (χ1v) is 7.95. The number of nitrogens with zero attached hydrogens (tertiary/aromatic N) is 2. The molecule has 1 atom stereocenters. The van der Waals surface area contributed by atoms with Crippen LogP contribution in [0.15, 0.2) is 35.3 Å². The highest BCUT2D eigenvalue weighted by atomic mass is 16.7. The van der Waals surface area contributed by atoms with E-state index in [9.17, 15) is 9.59 Å². The molecule has 1 aromatic carbocycles. The van der Waals surface area contributed by atoms with Gasteiger partial charge in [0.2, 0.25) is 6.79 Å². The third-order valence-corrected chi connectivity index (χ3v) is 4.47. The number of piperidine rings is 1. The molecule has 0 radical (unpaired) electrons. The zero-order valence-corrected chi connectivity index (χ0v) is 13.0. The maximum Gasteiger partial charge on any atom is 0.345 e. The van der Waals surface area contributed by atoms with Crippen molar-refractivity contribution < 1.29 is 14.3 Å². The Morgan fingerprint density at radius 1 is 1.25 bits per heavy atom. The van der Waals surface area contributed by atoms with Crippen LogP contribution in [0.5, 0.6) is 11.5 Å². The number of benzene rings is 1. The Hall–Kier alpha value is -2.83. The molecule has 2 aliphatic rings. The largest absolute Gasteiger partial charge is 0.454 e. The predicted molar refractivity (Wildman–Crippen MR) is 85.3 cm³/mol. The quantitative estimate of drug-likeness (QED) is 0.904. The molecule has 1 amide bonds. The van der Waals surface area contributed by atoms with Gasteiger partial charge in [-0.3, -0.25) is 4.79 Å². The lowest BCUT2D eigenvalue weighted by Gasteiger charge is -2.32. The van der Waals surface area contributed by atoms with Crippen LogP contribution < -0.4 is 15.2 Å². The van der Waals surface area contributed by atoms with E-state index >= 15 is 0 Å². The molecule has 7 heteroatoms. The van der Waals surface area contributed by atoms with Crippen molar-refractivity contribution >= 4 is 5.91 Å². The number of aromatic nitrogens is 2. The molecule has 0 bridgehead atoms. The summed E-state index contributed by atoms with van der Waals surface area (Å²) < 4.78 is 10.6. The predicted octanol–water partition coefficient (Wildman–Crippen LogP) is 1.52. The topological polar surface area (TPSA) is 84.5 Å². The third-order valence-electron chi connectivity index (χ3n) is 4.47. The van der Waals surface area contributed by atoms with Gasteiger partial charge in [-0.25, -0.2) is 9.78 Å². The fourth-order valence-corrected chi connectivity index (χ4v) is 3.25. The van der Waals surface area contributed by atoms with E-state index in [2.05, 4.69) is 9.97 Å². The average Bonchev–Trinajstić information content (AvgIpc) is 3.09.